The molecule has 1 aromatic heterocycles. The predicted molar refractivity (Wildman–Crippen MR) is 77.9 cm³/mol. The van der Waals surface area contributed by atoms with Gasteiger partial charge in [-0.1, -0.05) is 36.7 Å². The number of aryl methyl sites for hydroxylation is 1. The fourth-order valence-electron chi connectivity index (χ4n) is 2.27. The van der Waals surface area contributed by atoms with Gasteiger partial charge in [0.1, 0.15) is 6.26 Å². The van der Waals surface area contributed by atoms with E-state index in [-0.39, 0.29) is 0 Å². The van der Waals surface area contributed by atoms with Crippen LogP contribution in [0.4, 0.5) is 0 Å². The summed E-state index contributed by atoms with van der Waals surface area (Å²) in [6.07, 6.45) is 4.80. The van der Waals surface area contributed by atoms with Crippen LogP contribution in [0.15, 0.2) is 35.2 Å². The van der Waals surface area contributed by atoms with Gasteiger partial charge in [-0.3, -0.25) is 4.90 Å². The summed E-state index contributed by atoms with van der Waals surface area (Å²) < 4.78 is 4.90. The zero-order chi connectivity index (χ0) is 13.7. The zero-order valence-electron chi connectivity index (χ0n) is 12.0. The summed E-state index contributed by atoms with van der Waals surface area (Å²) in [6.45, 7) is 9.66. The summed E-state index contributed by atoms with van der Waals surface area (Å²) >= 11 is 0. The number of rotatable bonds is 3. The minimum atomic E-state index is 1.05. The zero-order valence-corrected chi connectivity index (χ0v) is 12.0. The lowest BCUT2D eigenvalue weighted by Gasteiger charge is -2.30. The van der Waals surface area contributed by atoms with Crippen molar-refractivity contribution < 1.29 is 4.52 Å². The molecular weight excluding hydrogens is 236 g/mol. The highest BCUT2D eigenvalue weighted by atomic mass is 16.5. The molecule has 0 unspecified atom stereocenters. The van der Waals surface area contributed by atoms with Crippen molar-refractivity contribution >= 4 is 0 Å². The average Bonchev–Trinajstić information content (AvgIpc) is 2.90. The van der Waals surface area contributed by atoms with Crippen molar-refractivity contribution in [2.24, 2.45) is 0 Å². The van der Waals surface area contributed by atoms with E-state index in [4.69, 9.17) is 4.52 Å². The molecule has 0 atom stereocenters. The first-order valence-corrected chi connectivity index (χ1v) is 7.04. The van der Waals surface area contributed by atoms with Crippen LogP contribution in [0.2, 0.25) is 0 Å². The van der Waals surface area contributed by atoms with E-state index < -0.39 is 0 Å². The molecule has 3 heteroatoms. The molecule has 2 heterocycles. The first kappa shape index (κ1) is 13.8. The molecule has 0 bridgehead atoms. The van der Waals surface area contributed by atoms with E-state index in [0.29, 0.717) is 0 Å². The standard InChI is InChI=1S/C14H16N2O.C2H6/c1-11-5-12(9-16-3-2-4-16)7-13(6-11)14-8-15-17-10-14;1-2/h5-8,10H,2-4,9H2,1H3;1-2H3. The Labute approximate surface area is 115 Å². The van der Waals surface area contributed by atoms with Crippen LogP contribution in [-0.2, 0) is 6.54 Å². The second-order valence-corrected chi connectivity index (χ2v) is 4.75. The van der Waals surface area contributed by atoms with Gasteiger partial charge in [0.2, 0.25) is 0 Å². The van der Waals surface area contributed by atoms with Gasteiger partial charge in [-0.05, 0) is 43.6 Å². The molecule has 1 aromatic carbocycles. The average molecular weight is 258 g/mol. The van der Waals surface area contributed by atoms with Crippen molar-refractivity contribution in [3.63, 3.8) is 0 Å². The molecule has 1 saturated heterocycles. The van der Waals surface area contributed by atoms with Gasteiger partial charge in [-0.15, -0.1) is 0 Å². The van der Waals surface area contributed by atoms with Crippen molar-refractivity contribution in [3.05, 3.63) is 41.8 Å². The van der Waals surface area contributed by atoms with Crippen LogP contribution in [0, 0.1) is 6.92 Å². The van der Waals surface area contributed by atoms with Gasteiger partial charge in [0.05, 0.1) is 6.20 Å². The summed E-state index contributed by atoms with van der Waals surface area (Å²) in [6, 6.07) is 6.67. The molecule has 0 radical (unpaired) electrons. The minimum absolute atomic E-state index is 1.05. The molecule has 3 rings (SSSR count). The number of hydrogen-bond donors (Lipinski definition) is 0. The Hall–Kier alpha value is -1.61. The van der Waals surface area contributed by atoms with E-state index in [2.05, 4.69) is 35.2 Å². The SMILES string of the molecule is CC.Cc1cc(CN2CCC2)cc(-c2cnoc2)c1. The van der Waals surface area contributed by atoms with Crippen molar-refractivity contribution in [1.82, 2.24) is 10.1 Å². The maximum atomic E-state index is 4.90. The topological polar surface area (TPSA) is 29.3 Å². The van der Waals surface area contributed by atoms with E-state index in [9.17, 15) is 0 Å². The minimum Gasteiger partial charge on any atom is -0.364 e. The Morgan fingerprint density at radius 3 is 2.53 bits per heavy atom. The van der Waals surface area contributed by atoms with Gasteiger partial charge in [-0.2, -0.15) is 0 Å². The van der Waals surface area contributed by atoms with Crippen LogP contribution >= 0.6 is 0 Å². The van der Waals surface area contributed by atoms with Crippen molar-refractivity contribution in [2.75, 3.05) is 13.1 Å². The normalized spacial score (nSPS) is 14.5. The fourth-order valence-corrected chi connectivity index (χ4v) is 2.27. The Kier molecular flexibility index (Phi) is 4.74. The van der Waals surface area contributed by atoms with E-state index in [1.807, 2.05) is 13.8 Å². The third kappa shape index (κ3) is 3.44. The highest BCUT2D eigenvalue weighted by Gasteiger charge is 2.14. The third-order valence-electron chi connectivity index (χ3n) is 3.26. The summed E-state index contributed by atoms with van der Waals surface area (Å²) in [4.78, 5) is 2.46. The molecule has 1 aliphatic rings. The van der Waals surface area contributed by atoms with Gasteiger partial charge < -0.3 is 4.52 Å². The third-order valence-corrected chi connectivity index (χ3v) is 3.26. The van der Waals surface area contributed by atoms with Crippen molar-refractivity contribution in [2.45, 2.75) is 33.7 Å². The molecule has 0 saturated carbocycles. The monoisotopic (exact) mass is 258 g/mol. The fraction of sp³-hybridized carbons (Fsp3) is 0.438. The summed E-state index contributed by atoms with van der Waals surface area (Å²) in [7, 11) is 0. The van der Waals surface area contributed by atoms with Gasteiger partial charge in [0.15, 0.2) is 0 Å². The smallest absolute Gasteiger partial charge is 0.131 e. The van der Waals surface area contributed by atoms with E-state index in [0.717, 1.165) is 12.1 Å². The van der Waals surface area contributed by atoms with E-state index in [1.54, 1.807) is 12.5 Å². The molecule has 0 spiro atoms. The predicted octanol–water partition coefficient (Wildman–Crippen LogP) is 3.88. The van der Waals surface area contributed by atoms with Gasteiger partial charge in [0, 0.05) is 12.1 Å². The number of benzene rings is 1. The van der Waals surface area contributed by atoms with Crippen LogP contribution in [0.3, 0.4) is 0 Å². The number of aromatic nitrogens is 1. The molecule has 0 N–H and O–H groups in total. The second-order valence-electron chi connectivity index (χ2n) is 4.75. The Morgan fingerprint density at radius 2 is 1.95 bits per heavy atom. The lowest BCUT2D eigenvalue weighted by molar-refractivity contribution is 0.172. The van der Waals surface area contributed by atoms with Crippen LogP contribution < -0.4 is 0 Å². The van der Waals surface area contributed by atoms with Crippen LogP contribution in [-0.4, -0.2) is 23.1 Å². The maximum absolute atomic E-state index is 4.90. The van der Waals surface area contributed by atoms with Crippen LogP contribution in [0.5, 0.6) is 0 Å². The molecular formula is C16H22N2O. The highest BCUT2D eigenvalue weighted by molar-refractivity contribution is 5.63. The summed E-state index contributed by atoms with van der Waals surface area (Å²) in [5.74, 6) is 0. The maximum Gasteiger partial charge on any atom is 0.131 e. The Bertz CT molecular complexity index is 501. The second kappa shape index (κ2) is 6.53. The molecule has 19 heavy (non-hydrogen) atoms. The van der Waals surface area contributed by atoms with E-state index >= 15 is 0 Å². The van der Waals surface area contributed by atoms with Gasteiger partial charge in [-0.25, -0.2) is 0 Å². The lowest BCUT2D eigenvalue weighted by atomic mass is 10.0. The Balaban J connectivity index is 0.000000637. The Morgan fingerprint density at radius 1 is 1.16 bits per heavy atom. The number of nitrogens with zero attached hydrogens (tertiary/aromatic N) is 2. The largest absolute Gasteiger partial charge is 0.364 e. The molecule has 2 aromatic rings. The van der Waals surface area contributed by atoms with E-state index in [1.165, 1.54) is 36.2 Å². The molecule has 1 aliphatic heterocycles. The molecule has 102 valence electrons. The summed E-state index contributed by atoms with van der Waals surface area (Å²) in [5, 5.41) is 3.76. The summed E-state index contributed by atoms with van der Waals surface area (Å²) in [5.41, 5.74) is 4.92. The lowest BCUT2D eigenvalue weighted by Crippen LogP contribution is -2.36. The molecule has 3 nitrogen and oxygen atoms in total. The highest BCUT2D eigenvalue weighted by Crippen LogP contribution is 2.23. The molecule has 0 aliphatic carbocycles. The van der Waals surface area contributed by atoms with Gasteiger partial charge in [0.25, 0.3) is 0 Å². The van der Waals surface area contributed by atoms with Crippen LogP contribution in [0.1, 0.15) is 31.4 Å². The molecule has 0 amide bonds. The quantitative estimate of drug-likeness (QED) is 0.836. The number of likely N-dealkylation sites (tertiary alicyclic amines) is 1. The number of hydrogen-bond acceptors (Lipinski definition) is 3. The van der Waals surface area contributed by atoms with Crippen molar-refractivity contribution in [1.29, 1.82) is 0 Å². The molecule has 1 fully saturated rings. The van der Waals surface area contributed by atoms with Gasteiger partial charge >= 0.3 is 0 Å². The van der Waals surface area contributed by atoms with Crippen molar-refractivity contribution in [3.8, 4) is 11.1 Å². The first-order chi connectivity index (χ1) is 9.31. The van der Waals surface area contributed by atoms with Crippen LogP contribution in [0.25, 0.3) is 11.1 Å². The first-order valence-electron chi connectivity index (χ1n) is 7.04.